The van der Waals surface area contributed by atoms with Crippen molar-refractivity contribution >= 4 is 11.6 Å². The molecule has 28 heavy (non-hydrogen) atoms. The zero-order chi connectivity index (χ0) is 20.7. The minimum absolute atomic E-state index is 0.0295. The molecule has 2 aromatic rings. The van der Waals surface area contributed by atoms with Crippen LogP contribution in [0.2, 0.25) is 0 Å². The van der Waals surface area contributed by atoms with Crippen LogP contribution >= 0.6 is 0 Å². The first-order chi connectivity index (χ1) is 13.3. The number of benzene rings is 2. The molecule has 2 rings (SSSR count). The second kappa shape index (κ2) is 9.57. The lowest BCUT2D eigenvalue weighted by atomic mass is 9.96. The van der Waals surface area contributed by atoms with Crippen molar-refractivity contribution in [1.82, 2.24) is 0 Å². The van der Waals surface area contributed by atoms with E-state index in [1.54, 1.807) is 29.2 Å². The molecule has 0 radical (unpaired) electrons. The zero-order valence-electron chi connectivity index (χ0n) is 15.8. The van der Waals surface area contributed by atoms with Crippen LogP contribution in [0.1, 0.15) is 15.9 Å². The van der Waals surface area contributed by atoms with E-state index in [2.05, 4.69) is 0 Å². The Kier molecular flexibility index (Phi) is 7.42. The number of carbonyl (C=O) groups is 1. The minimum atomic E-state index is -4.58. The van der Waals surface area contributed by atoms with Gasteiger partial charge < -0.3 is 20.1 Å². The van der Waals surface area contributed by atoms with Gasteiger partial charge in [-0.1, -0.05) is 24.3 Å². The van der Waals surface area contributed by atoms with E-state index in [4.69, 9.17) is 15.2 Å². The summed E-state index contributed by atoms with van der Waals surface area (Å²) >= 11 is 0. The largest absolute Gasteiger partial charge is 0.418 e. The van der Waals surface area contributed by atoms with E-state index in [1.165, 1.54) is 26.4 Å². The van der Waals surface area contributed by atoms with Crippen LogP contribution in [-0.4, -0.2) is 46.4 Å². The van der Waals surface area contributed by atoms with Gasteiger partial charge >= 0.3 is 6.18 Å². The summed E-state index contributed by atoms with van der Waals surface area (Å²) in [5, 5.41) is 0. The van der Waals surface area contributed by atoms with E-state index in [0.717, 1.165) is 6.07 Å². The van der Waals surface area contributed by atoms with Crippen LogP contribution in [0.25, 0.3) is 11.1 Å². The highest BCUT2D eigenvalue weighted by atomic mass is 19.4. The molecule has 2 N–H and O–H groups in total. The molecular weight excluding hydrogens is 373 g/mol. The first-order valence-electron chi connectivity index (χ1n) is 8.63. The van der Waals surface area contributed by atoms with E-state index in [-0.39, 0.29) is 43.1 Å². The fourth-order valence-electron chi connectivity index (χ4n) is 2.91. The molecular formula is C20H23F3N2O3. The number of nitrogens with zero attached hydrogens (tertiary/aromatic N) is 1. The van der Waals surface area contributed by atoms with Gasteiger partial charge in [-0.05, 0) is 29.3 Å². The summed E-state index contributed by atoms with van der Waals surface area (Å²) in [6.07, 6.45) is -4.58. The smallest absolute Gasteiger partial charge is 0.383 e. The SMILES string of the molecule is COCCN(CCOC)c1ccc(-c2ccccc2C(N)=O)cc1C(F)(F)F. The molecule has 2 aromatic carbocycles. The normalized spacial score (nSPS) is 11.5. The fraction of sp³-hybridized carbons (Fsp3) is 0.350. The van der Waals surface area contributed by atoms with Gasteiger partial charge in [0.25, 0.3) is 0 Å². The summed E-state index contributed by atoms with van der Waals surface area (Å²) in [5.74, 6) is -0.699. The molecule has 0 heterocycles. The Morgan fingerprint density at radius 2 is 1.64 bits per heavy atom. The van der Waals surface area contributed by atoms with Gasteiger partial charge in [0.05, 0.1) is 18.8 Å². The number of methoxy groups -OCH3 is 2. The van der Waals surface area contributed by atoms with Crippen molar-refractivity contribution in [3.63, 3.8) is 0 Å². The van der Waals surface area contributed by atoms with E-state index < -0.39 is 17.6 Å². The quantitative estimate of drug-likeness (QED) is 0.704. The van der Waals surface area contributed by atoms with E-state index >= 15 is 0 Å². The average molecular weight is 396 g/mol. The van der Waals surface area contributed by atoms with E-state index in [0.29, 0.717) is 5.56 Å². The molecule has 0 spiro atoms. The summed E-state index contributed by atoms with van der Waals surface area (Å²) in [4.78, 5) is 13.2. The summed E-state index contributed by atoms with van der Waals surface area (Å²) in [6.45, 7) is 1.10. The van der Waals surface area contributed by atoms with Crippen molar-refractivity contribution in [2.75, 3.05) is 45.4 Å². The van der Waals surface area contributed by atoms with Gasteiger partial charge in [-0.3, -0.25) is 4.79 Å². The number of alkyl halides is 3. The number of ether oxygens (including phenoxy) is 2. The van der Waals surface area contributed by atoms with Crippen LogP contribution in [0.5, 0.6) is 0 Å². The third-order valence-electron chi connectivity index (χ3n) is 4.28. The Bertz CT molecular complexity index is 802. The third-order valence-corrected chi connectivity index (χ3v) is 4.28. The fourth-order valence-corrected chi connectivity index (χ4v) is 2.91. The number of primary amides is 1. The molecule has 0 atom stereocenters. The number of hydrogen-bond acceptors (Lipinski definition) is 4. The predicted molar refractivity (Wildman–Crippen MR) is 101 cm³/mol. The summed E-state index contributed by atoms with van der Waals surface area (Å²) < 4.78 is 51.5. The maximum atomic E-state index is 13.8. The van der Waals surface area contributed by atoms with Crippen LogP contribution in [-0.2, 0) is 15.7 Å². The third kappa shape index (κ3) is 5.24. The predicted octanol–water partition coefficient (Wildman–Crippen LogP) is 3.57. The first kappa shape index (κ1) is 21.7. The van der Waals surface area contributed by atoms with E-state index in [9.17, 15) is 18.0 Å². The second-order valence-corrected chi connectivity index (χ2v) is 6.11. The molecule has 0 aliphatic heterocycles. The second-order valence-electron chi connectivity index (χ2n) is 6.11. The monoisotopic (exact) mass is 396 g/mol. The van der Waals surface area contributed by atoms with Crippen LogP contribution in [0, 0.1) is 0 Å². The molecule has 0 aromatic heterocycles. The average Bonchev–Trinajstić information content (AvgIpc) is 2.67. The van der Waals surface area contributed by atoms with Crippen molar-refractivity contribution in [3.8, 4) is 11.1 Å². The lowest BCUT2D eigenvalue weighted by Gasteiger charge is -2.28. The van der Waals surface area contributed by atoms with Gasteiger partial charge in [-0.15, -0.1) is 0 Å². The van der Waals surface area contributed by atoms with Gasteiger partial charge in [0.2, 0.25) is 5.91 Å². The van der Waals surface area contributed by atoms with Crippen molar-refractivity contribution < 1.29 is 27.4 Å². The van der Waals surface area contributed by atoms with E-state index in [1.807, 2.05) is 0 Å². The lowest BCUT2D eigenvalue weighted by molar-refractivity contribution is -0.137. The number of anilines is 1. The Morgan fingerprint density at radius 1 is 1.04 bits per heavy atom. The molecule has 0 saturated carbocycles. The molecule has 0 aliphatic carbocycles. The Labute approximate surface area is 161 Å². The number of nitrogens with two attached hydrogens (primary N) is 1. The topological polar surface area (TPSA) is 64.8 Å². The highest BCUT2D eigenvalue weighted by molar-refractivity contribution is 6.00. The van der Waals surface area contributed by atoms with Gasteiger partial charge in [-0.2, -0.15) is 13.2 Å². The van der Waals surface area contributed by atoms with Gasteiger partial charge in [-0.25, -0.2) is 0 Å². The Morgan fingerprint density at radius 3 is 2.18 bits per heavy atom. The summed E-state index contributed by atoms with van der Waals surface area (Å²) in [7, 11) is 2.98. The molecule has 1 amide bonds. The molecule has 8 heteroatoms. The van der Waals surface area contributed by atoms with Gasteiger partial charge in [0, 0.05) is 38.6 Å². The molecule has 0 saturated heterocycles. The van der Waals surface area contributed by atoms with Crippen LogP contribution in [0.3, 0.4) is 0 Å². The number of carbonyl (C=O) groups excluding carboxylic acids is 1. The minimum Gasteiger partial charge on any atom is -0.383 e. The molecule has 0 aliphatic rings. The highest BCUT2D eigenvalue weighted by Gasteiger charge is 2.35. The van der Waals surface area contributed by atoms with Crippen LogP contribution in [0.4, 0.5) is 18.9 Å². The summed E-state index contributed by atoms with van der Waals surface area (Å²) in [6, 6.07) is 10.3. The Balaban J connectivity index is 2.56. The van der Waals surface area contributed by atoms with Gasteiger partial charge in [0.1, 0.15) is 0 Å². The number of amides is 1. The number of rotatable bonds is 9. The number of halogens is 3. The maximum Gasteiger partial charge on any atom is 0.418 e. The molecule has 0 bridgehead atoms. The number of hydrogen-bond donors (Lipinski definition) is 1. The van der Waals surface area contributed by atoms with Crippen LogP contribution < -0.4 is 10.6 Å². The maximum absolute atomic E-state index is 13.8. The van der Waals surface area contributed by atoms with Gasteiger partial charge in [0.15, 0.2) is 0 Å². The van der Waals surface area contributed by atoms with Crippen molar-refractivity contribution in [2.24, 2.45) is 5.73 Å². The lowest BCUT2D eigenvalue weighted by Crippen LogP contribution is -2.32. The molecule has 152 valence electrons. The molecule has 5 nitrogen and oxygen atoms in total. The van der Waals surface area contributed by atoms with Crippen molar-refractivity contribution in [3.05, 3.63) is 53.6 Å². The van der Waals surface area contributed by atoms with Crippen molar-refractivity contribution in [1.29, 1.82) is 0 Å². The highest BCUT2D eigenvalue weighted by Crippen LogP contribution is 2.39. The van der Waals surface area contributed by atoms with Crippen LogP contribution in [0.15, 0.2) is 42.5 Å². The molecule has 0 fully saturated rings. The van der Waals surface area contributed by atoms with Crippen molar-refractivity contribution in [2.45, 2.75) is 6.18 Å². The Hall–Kier alpha value is -2.58. The molecule has 0 unspecified atom stereocenters. The standard InChI is InChI=1S/C20H23F3N2O3/c1-27-11-9-25(10-12-28-2)18-8-7-14(13-17(18)20(21,22)23)15-5-3-4-6-16(15)19(24)26/h3-8,13H,9-12H2,1-2H3,(H2,24,26). The summed E-state index contributed by atoms with van der Waals surface area (Å²) in [5.41, 5.74) is 5.39. The first-order valence-corrected chi connectivity index (χ1v) is 8.63. The zero-order valence-corrected chi connectivity index (χ0v) is 15.8.